The fraction of sp³-hybridized carbons (Fsp3) is 0.455. The Kier molecular flexibility index (Phi) is 6.40. The molecule has 0 aliphatic carbocycles. The molecule has 0 unspecified atom stereocenters. The SMILES string of the molecule is CN1CCN(c2nc(C(F)(F)F)ccc2CCC(=O)Nc2ccc3c(c2)OCCO3)CC1. The summed E-state index contributed by atoms with van der Waals surface area (Å²) in [4.78, 5) is 20.4. The van der Waals surface area contributed by atoms with Crippen molar-refractivity contribution in [3.8, 4) is 11.5 Å². The van der Waals surface area contributed by atoms with Gasteiger partial charge in [-0.1, -0.05) is 6.07 Å². The number of fused-ring (bicyclic) bond motifs is 1. The highest BCUT2D eigenvalue weighted by Crippen LogP contribution is 2.33. The summed E-state index contributed by atoms with van der Waals surface area (Å²) in [6.45, 7) is 3.57. The molecule has 2 aliphatic heterocycles. The van der Waals surface area contributed by atoms with Gasteiger partial charge in [0.2, 0.25) is 5.91 Å². The lowest BCUT2D eigenvalue weighted by Crippen LogP contribution is -2.45. The van der Waals surface area contributed by atoms with E-state index < -0.39 is 11.9 Å². The molecule has 0 spiro atoms. The molecule has 2 aliphatic rings. The zero-order chi connectivity index (χ0) is 22.7. The quantitative estimate of drug-likeness (QED) is 0.755. The molecule has 7 nitrogen and oxygen atoms in total. The number of nitrogens with one attached hydrogen (secondary N) is 1. The summed E-state index contributed by atoms with van der Waals surface area (Å²) in [6.07, 6.45) is -4.12. The van der Waals surface area contributed by atoms with Crippen LogP contribution in [0.15, 0.2) is 30.3 Å². The molecule has 0 radical (unpaired) electrons. The number of carbonyl (C=O) groups is 1. The summed E-state index contributed by atoms with van der Waals surface area (Å²) in [7, 11) is 1.97. The molecule has 0 bridgehead atoms. The molecule has 1 aromatic heterocycles. The predicted octanol–water partition coefficient (Wildman–Crippen LogP) is 3.19. The number of piperazine rings is 1. The smallest absolute Gasteiger partial charge is 0.433 e. The van der Waals surface area contributed by atoms with Crippen LogP contribution in [-0.4, -0.2) is 62.2 Å². The first-order valence-corrected chi connectivity index (χ1v) is 10.5. The van der Waals surface area contributed by atoms with Gasteiger partial charge in [-0.3, -0.25) is 4.79 Å². The van der Waals surface area contributed by atoms with Crippen molar-refractivity contribution in [3.05, 3.63) is 41.6 Å². The number of rotatable bonds is 5. The molecule has 1 saturated heterocycles. The van der Waals surface area contributed by atoms with Crippen molar-refractivity contribution in [2.45, 2.75) is 19.0 Å². The zero-order valence-electron chi connectivity index (χ0n) is 17.7. The summed E-state index contributed by atoms with van der Waals surface area (Å²) < 4.78 is 50.7. The first-order valence-electron chi connectivity index (χ1n) is 10.5. The van der Waals surface area contributed by atoms with E-state index >= 15 is 0 Å². The number of ether oxygens (including phenoxy) is 2. The van der Waals surface area contributed by atoms with E-state index in [0.29, 0.717) is 54.9 Å². The summed E-state index contributed by atoms with van der Waals surface area (Å²) in [5.74, 6) is 1.26. The van der Waals surface area contributed by atoms with E-state index in [9.17, 15) is 18.0 Å². The van der Waals surface area contributed by atoms with E-state index in [4.69, 9.17) is 9.47 Å². The zero-order valence-corrected chi connectivity index (χ0v) is 17.7. The van der Waals surface area contributed by atoms with Crippen LogP contribution in [0.3, 0.4) is 0 Å². The Morgan fingerprint density at radius 1 is 1.06 bits per heavy atom. The minimum atomic E-state index is -4.52. The van der Waals surface area contributed by atoms with Gasteiger partial charge in [-0.2, -0.15) is 13.2 Å². The number of aryl methyl sites for hydroxylation is 1. The van der Waals surface area contributed by atoms with Gasteiger partial charge >= 0.3 is 6.18 Å². The lowest BCUT2D eigenvalue weighted by atomic mass is 10.1. The van der Waals surface area contributed by atoms with Gasteiger partial charge in [0.1, 0.15) is 24.7 Å². The van der Waals surface area contributed by atoms with Crippen molar-refractivity contribution < 1.29 is 27.4 Å². The highest BCUT2D eigenvalue weighted by atomic mass is 19.4. The van der Waals surface area contributed by atoms with Crippen LogP contribution in [0.25, 0.3) is 0 Å². The van der Waals surface area contributed by atoms with Crippen LogP contribution in [0.1, 0.15) is 17.7 Å². The topological polar surface area (TPSA) is 66.9 Å². The van der Waals surface area contributed by atoms with E-state index in [-0.39, 0.29) is 18.7 Å². The maximum Gasteiger partial charge on any atom is 0.433 e. The Bertz CT molecular complexity index is 975. The molecule has 0 atom stereocenters. The number of hydrogen-bond acceptors (Lipinski definition) is 6. The predicted molar refractivity (Wildman–Crippen MR) is 113 cm³/mol. The van der Waals surface area contributed by atoms with Crippen LogP contribution in [-0.2, 0) is 17.4 Å². The maximum atomic E-state index is 13.2. The molecule has 3 heterocycles. The number of alkyl halides is 3. The van der Waals surface area contributed by atoms with Gasteiger partial charge in [0.05, 0.1) is 0 Å². The van der Waals surface area contributed by atoms with Gasteiger partial charge in [0.15, 0.2) is 11.5 Å². The number of amides is 1. The standard InChI is InChI=1S/C22H25F3N4O3/c1-28-8-10-29(11-9-28)21-15(2-6-19(27-21)22(23,24)25)3-7-20(30)26-16-4-5-17-18(14-16)32-13-12-31-17/h2,4-6,14H,3,7-13H2,1H3,(H,26,30). The first kappa shape index (κ1) is 22.2. The first-order chi connectivity index (χ1) is 15.3. The van der Waals surface area contributed by atoms with Gasteiger partial charge in [0.25, 0.3) is 0 Å². The van der Waals surface area contributed by atoms with Gasteiger partial charge < -0.3 is 24.6 Å². The van der Waals surface area contributed by atoms with E-state index in [2.05, 4.69) is 15.2 Å². The molecular weight excluding hydrogens is 425 g/mol. The fourth-order valence-corrected chi connectivity index (χ4v) is 3.72. The fourth-order valence-electron chi connectivity index (χ4n) is 3.72. The number of hydrogen-bond donors (Lipinski definition) is 1. The Hall–Kier alpha value is -3.01. The number of nitrogens with zero attached hydrogens (tertiary/aromatic N) is 3. The monoisotopic (exact) mass is 450 g/mol. The normalized spacial score (nSPS) is 16.7. The van der Waals surface area contributed by atoms with E-state index in [0.717, 1.165) is 19.2 Å². The molecular formula is C22H25F3N4O3. The van der Waals surface area contributed by atoms with Crippen molar-refractivity contribution in [3.63, 3.8) is 0 Å². The lowest BCUT2D eigenvalue weighted by molar-refractivity contribution is -0.141. The minimum absolute atomic E-state index is 0.113. The van der Waals surface area contributed by atoms with Crippen LogP contribution < -0.4 is 19.7 Å². The van der Waals surface area contributed by atoms with E-state index in [1.165, 1.54) is 6.07 Å². The van der Waals surface area contributed by atoms with Gasteiger partial charge in [0, 0.05) is 44.4 Å². The third-order valence-electron chi connectivity index (χ3n) is 5.50. The molecule has 1 fully saturated rings. The molecule has 172 valence electrons. The minimum Gasteiger partial charge on any atom is -0.486 e. The van der Waals surface area contributed by atoms with Crippen molar-refractivity contribution >= 4 is 17.4 Å². The number of benzene rings is 1. The van der Waals surface area contributed by atoms with Crippen molar-refractivity contribution in [1.29, 1.82) is 0 Å². The Morgan fingerprint density at radius 2 is 1.78 bits per heavy atom. The second-order valence-electron chi connectivity index (χ2n) is 7.87. The maximum absolute atomic E-state index is 13.2. The Labute approximate surface area is 184 Å². The lowest BCUT2D eigenvalue weighted by Gasteiger charge is -2.34. The molecule has 2 aromatic rings. The van der Waals surface area contributed by atoms with Crippen molar-refractivity contribution in [2.75, 3.05) is 56.7 Å². The summed E-state index contributed by atoms with van der Waals surface area (Å²) >= 11 is 0. The molecule has 1 aromatic carbocycles. The number of aromatic nitrogens is 1. The van der Waals surface area contributed by atoms with Gasteiger partial charge in [-0.05, 0) is 37.2 Å². The molecule has 32 heavy (non-hydrogen) atoms. The highest BCUT2D eigenvalue weighted by Gasteiger charge is 2.34. The van der Waals surface area contributed by atoms with Crippen LogP contribution in [0.4, 0.5) is 24.7 Å². The highest BCUT2D eigenvalue weighted by molar-refractivity contribution is 5.91. The van der Waals surface area contributed by atoms with E-state index in [1.807, 2.05) is 11.9 Å². The van der Waals surface area contributed by atoms with Crippen LogP contribution in [0.2, 0.25) is 0 Å². The number of pyridine rings is 1. The van der Waals surface area contributed by atoms with Crippen LogP contribution in [0, 0.1) is 0 Å². The second kappa shape index (κ2) is 9.23. The molecule has 4 rings (SSSR count). The third kappa shape index (κ3) is 5.24. The van der Waals surface area contributed by atoms with E-state index in [1.54, 1.807) is 18.2 Å². The Balaban J connectivity index is 1.45. The van der Waals surface area contributed by atoms with Gasteiger partial charge in [-0.15, -0.1) is 0 Å². The number of likely N-dealkylation sites (N-methyl/N-ethyl adjacent to an activating group) is 1. The van der Waals surface area contributed by atoms with Crippen molar-refractivity contribution in [2.24, 2.45) is 0 Å². The molecule has 1 amide bonds. The average Bonchev–Trinajstić information content (AvgIpc) is 2.77. The molecule has 0 saturated carbocycles. The summed E-state index contributed by atoms with van der Waals surface area (Å²) in [5, 5.41) is 2.81. The summed E-state index contributed by atoms with van der Waals surface area (Å²) in [6, 6.07) is 7.56. The molecule has 1 N–H and O–H groups in total. The average molecular weight is 450 g/mol. The van der Waals surface area contributed by atoms with Crippen LogP contribution >= 0.6 is 0 Å². The van der Waals surface area contributed by atoms with Crippen molar-refractivity contribution in [1.82, 2.24) is 9.88 Å². The number of halogens is 3. The largest absolute Gasteiger partial charge is 0.486 e. The Morgan fingerprint density at radius 3 is 2.50 bits per heavy atom. The number of carbonyl (C=O) groups excluding carboxylic acids is 1. The van der Waals surface area contributed by atoms with Crippen LogP contribution in [0.5, 0.6) is 11.5 Å². The number of anilines is 2. The second-order valence-corrected chi connectivity index (χ2v) is 7.87. The third-order valence-corrected chi connectivity index (χ3v) is 5.50. The molecule has 10 heteroatoms. The summed E-state index contributed by atoms with van der Waals surface area (Å²) in [5.41, 5.74) is 0.278. The van der Waals surface area contributed by atoms with Gasteiger partial charge in [-0.25, -0.2) is 4.98 Å².